The maximum Gasteiger partial charge on any atom is 0.311 e. The van der Waals surface area contributed by atoms with Crippen LogP contribution in [0.2, 0.25) is 0 Å². The smallest absolute Gasteiger partial charge is 0.311 e. The Labute approximate surface area is 73.9 Å². The molecule has 0 saturated carbocycles. The summed E-state index contributed by atoms with van der Waals surface area (Å²) in [5.74, 6) is 2.39. The van der Waals surface area contributed by atoms with Gasteiger partial charge in [-0.1, -0.05) is 0 Å². The minimum Gasteiger partial charge on any atom is -0.469 e. The highest BCUT2D eigenvalue weighted by molar-refractivity contribution is 5.69. The van der Waals surface area contributed by atoms with Crippen molar-refractivity contribution in [3.05, 3.63) is 0 Å². The molecule has 0 radical (unpaired) electrons. The van der Waals surface area contributed by atoms with Crippen LogP contribution in [-0.4, -0.2) is 44.7 Å². The van der Waals surface area contributed by atoms with Crippen LogP contribution in [0.15, 0.2) is 0 Å². The van der Waals surface area contributed by atoms with E-state index >= 15 is 0 Å². The first kappa shape index (κ1) is 11.0. The minimum atomic E-state index is -0.182. The van der Waals surface area contributed by atoms with E-state index < -0.39 is 0 Å². The molecule has 68 valence electrons. The molecule has 0 N–H and O–H groups in total. The fraction of sp³-hybridized carbons (Fsp3) is 0.667. The Morgan fingerprint density at radius 3 is 2.58 bits per heavy atom. The van der Waals surface area contributed by atoms with Crippen molar-refractivity contribution in [2.45, 2.75) is 6.42 Å². The molecule has 0 fully saturated rings. The van der Waals surface area contributed by atoms with E-state index in [1.165, 1.54) is 7.11 Å². The van der Waals surface area contributed by atoms with Crippen LogP contribution < -0.4 is 0 Å². The maximum absolute atomic E-state index is 10.8. The molecule has 12 heavy (non-hydrogen) atoms. The van der Waals surface area contributed by atoms with Crippen LogP contribution in [0.3, 0.4) is 0 Å². The molecule has 0 aliphatic carbocycles. The van der Waals surface area contributed by atoms with Gasteiger partial charge in [0.25, 0.3) is 0 Å². The van der Waals surface area contributed by atoms with Crippen molar-refractivity contribution >= 4 is 5.97 Å². The highest BCUT2D eigenvalue weighted by atomic mass is 16.5. The molecule has 3 heteroatoms. The fourth-order valence-electron chi connectivity index (χ4n) is 0.822. The number of rotatable bonds is 4. The topological polar surface area (TPSA) is 26.3 Å². The predicted octanol–water partition coefficient (Wildman–Crippen LogP) is 0.259. The van der Waals surface area contributed by atoms with Crippen LogP contribution in [0.25, 0.3) is 0 Å². The molecule has 0 aromatic carbocycles. The van der Waals surface area contributed by atoms with Gasteiger partial charge in [-0.3, -0.25) is 4.79 Å². The molecule has 0 saturated heterocycles. The summed E-state index contributed by atoms with van der Waals surface area (Å²) in [6.45, 7) is 1.36. The number of terminal acetylenes is 1. The molecular formula is C9H16NO2+. The number of esters is 1. The van der Waals surface area contributed by atoms with Gasteiger partial charge in [0, 0.05) is 0 Å². The van der Waals surface area contributed by atoms with Crippen molar-refractivity contribution in [1.82, 2.24) is 0 Å². The summed E-state index contributed by atoms with van der Waals surface area (Å²) in [5.41, 5.74) is 0. The highest BCUT2D eigenvalue weighted by Gasteiger charge is 2.15. The number of hydrogen-bond donors (Lipinski definition) is 0. The zero-order valence-corrected chi connectivity index (χ0v) is 7.96. The first-order chi connectivity index (χ1) is 5.52. The second-order valence-electron chi connectivity index (χ2n) is 3.35. The lowest BCUT2D eigenvalue weighted by Crippen LogP contribution is -2.41. The van der Waals surface area contributed by atoms with Crippen LogP contribution in [-0.2, 0) is 9.53 Å². The number of methoxy groups -OCH3 is 1. The number of carbonyl (C=O) groups excluding carboxylic acids is 1. The van der Waals surface area contributed by atoms with Gasteiger partial charge in [-0.25, -0.2) is 0 Å². The SMILES string of the molecule is C#CC[N+](C)(C)CCC(=O)OC. The number of hydrogen-bond acceptors (Lipinski definition) is 2. The molecule has 0 aliphatic heterocycles. The standard InChI is InChI=1S/C9H16NO2/c1-5-7-10(2,3)8-6-9(11)12-4/h1H,6-8H2,2-4H3/q+1. The Balaban J connectivity index is 3.76. The summed E-state index contributed by atoms with van der Waals surface area (Å²) >= 11 is 0. The molecule has 0 aromatic rings. The lowest BCUT2D eigenvalue weighted by atomic mass is 10.3. The normalized spacial score (nSPS) is 10.5. The summed E-state index contributed by atoms with van der Waals surface area (Å²) in [4.78, 5) is 10.8. The first-order valence-electron chi connectivity index (χ1n) is 3.84. The Morgan fingerprint density at radius 1 is 1.58 bits per heavy atom. The number of quaternary nitrogens is 1. The van der Waals surface area contributed by atoms with Crippen LogP contribution in [0.5, 0.6) is 0 Å². The van der Waals surface area contributed by atoms with Crippen LogP contribution in [0.4, 0.5) is 0 Å². The lowest BCUT2D eigenvalue weighted by Gasteiger charge is -2.26. The Hall–Kier alpha value is -1.01. The summed E-state index contributed by atoms with van der Waals surface area (Å²) in [6, 6.07) is 0. The highest BCUT2D eigenvalue weighted by Crippen LogP contribution is 1.98. The van der Waals surface area contributed by atoms with Crippen LogP contribution in [0.1, 0.15) is 6.42 Å². The van der Waals surface area contributed by atoms with E-state index in [1.54, 1.807) is 0 Å². The molecule has 0 rings (SSSR count). The van der Waals surface area contributed by atoms with E-state index in [0.29, 0.717) is 17.4 Å². The van der Waals surface area contributed by atoms with Gasteiger partial charge in [0.05, 0.1) is 34.2 Å². The van der Waals surface area contributed by atoms with E-state index in [1.807, 2.05) is 14.1 Å². The van der Waals surface area contributed by atoms with Crippen molar-refractivity contribution in [1.29, 1.82) is 0 Å². The number of ether oxygens (including phenoxy) is 1. The molecular weight excluding hydrogens is 154 g/mol. The molecule has 0 atom stereocenters. The van der Waals surface area contributed by atoms with Gasteiger partial charge >= 0.3 is 5.97 Å². The van der Waals surface area contributed by atoms with Gasteiger partial charge in [-0.15, -0.1) is 6.42 Å². The van der Waals surface area contributed by atoms with Crippen molar-refractivity contribution in [3.63, 3.8) is 0 Å². The summed E-state index contributed by atoms with van der Waals surface area (Å²) < 4.78 is 5.18. The average Bonchev–Trinajstić information content (AvgIpc) is 2.00. The lowest BCUT2D eigenvalue weighted by molar-refractivity contribution is -0.882. The second kappa shape index (κ2) is 4.78. The minimum absolute atomic E-state index is 0.182. The second-order valence-corrected chi connectivity index (χ2v) is 3.35. The van der Waals surface area contributed by atoms with Gasteiger partial charge in [-0.2, -0.15) is 0 Å². The fourth-order valence-corrected chi connectivity index (χ4v) is 0.822. The zero-order chi connectivity index (χ0) is 9.61. The van der Waals surface area contributed by atoms with E-state index in [0.717, 1.165) is 6.54 Å². The molecule has 0 aliphatic rings. The monoisotopic (exact) mass is 170 g/mol. The van der Waals surface area contributed by atoms with E-state index in [4.69, 9.17) is 6.42 Å². The summed E-state index contributed by atoms with van der Waals surface area (Å²) in [7, 11) is 5.37. The average molecular weight is 170 g/mol. The van der Waals surface area contributed by atoms with Crippen LogP contribution >= 0.6 is 0 Å². The predicted molar refractivity (Wildman–Crippen MR) is 47.3 cm³/mol. The van der Waals surface area contributed by atoms with Crippen LogP contribution in [0, 0.1) is 12.3 Å². The largest absolute Gasteiger partial charge is 0.469 e. The number of carbonyl (C=O) groups is 1. The molecule has 0 unspecified atom stereocenters. The first-order valence-corrected chi connectivity index (χ1v) is 3.84. The van der Waals surface area contributed by atoms with Crippen molar-refractivity contribution < 1.29 is 14.0 Å². The third kappa shape index (κ3) is 4.75. The van der Waals surface area contributed by atoms with Gasteiger partial charge in [-0.05, 0) is 5.92 Å². The van der Waals surface area contributed by atoms with Gasteiger partial charge < -0.3 is 9.22 Å². The van der Waals surface area contributed by atoms with Crippen molar-refractivity contribution in [3.8, 4) is 12.3 Å². The summed E-state index contributed by atoms with van der Waals surface area (Å²) in [6.07, 6.45) is 5.59. The maximum atomic E-state index is 10.8. The molecule has 3 nitrogen and oxygen atoms in total. The van der Waals surface area contributed by atoms with Gasteiger partial charge in [0.1, 0.15) is 6.54 Å². The van der Waals surface area contributed by atoms with Crippen molar-refractivity contribution in [2.75, 3.05) is 34.3 Å². The van der Waals surface area contributed by atoms with E-state index in [-0.39, 0.29) is 5.97 Å². The third-order valence-corrected chi connectivity index (χ3v) is 1.67. The Kier molecular flexibility index (Phi) is 4.38. The Bertz CT molecular complexity index is 191. The molecule has 0 aromatic heterocycles. The number of nitrogens with zero attached hydrogens (tertiary/aromatic N) is 1. The quantitative estimate of drug-likeness (QED) is 0.344. The van der Waals surface area contributed by atoms with E-state index in [2.05, 4.69) is 10.7 Å². The molecule has 0 amide bonds. The molecule has 0 heterocycles. The van der Waals surface area contributed by atoms with Gasteiger partial charge in [0.15, 0.2) is 0 Å². The van der Waals surface area contributed by atoms with Gasteiger partial charge in [0.2, 0.25) is 0 Å². The molecule has 0 bridgehead atoms. The zero-order valence-electron chi connectivity index (χ0n) is 7.96. The third-order valence-electron chi connectivity index (χ3n) is 1.67. The van der Waals surface area contributed by atoms with Crippen molar-refractivity contribution in [2.24, 2.45) is 0 Å². The summed E-state index contributed by atoms with van der Waals surface area (Å²) in [5, 5.41) is 0. The Morgan fingerprint density at radius 2 is 2.17 bits per heavy atom. The molecule has 0 spiro atoms. The van der Waals surface area contributed by atoms with E-state index in [9.17, 15) is 4.79 Å².